The smallest absolute Gasteiger partial charge is 0.254 e. The number of hydrogen-bond donors (Lipinski definition) is 1. The molecule has 5 rings (SSSR count). The quantitative estimate of drug-likeness (QED) is 0.549. The minimum absolute atomic E-state index is 0.0456. The lowest BCUT2D eigenvalue weighted by atomic mass is 9.95. The molecular weight excluding hydrogens is 382 g/mol. The van der Waals surface area contributed by atoms with Crippen LogP contribution in [0.25, 0.3) is 10.7 Å². The molecule has 0 spiro atoms. The maximum atomic E-state index is 13.3. The molecule has 4 aromatic rings. The van der Waals surface area contributed by atoms with Crippen LogP contribution in [-0.2, 0) is 19.4 Å². The number of para-hydroxylation sites is 1. The molecule has 6 nitrogen and oxygen atoms in total. The first-order valence-electron chi connectivity index (χ1n) is 9.81. The fraction of sp³-hybridized carbons (Fsp3) is 0.227. The summed E-state index contributed by atoms with van der Waals surface area (Å²) in [6, 6.07) is 13.9. The van der Waals surface area contributed by atoms with Gasteiger partial charge in [-0.05, 0) is 55.5 Å². The molecule has 1 amide bonds. The van der Waals surface area contributed by atoms with Gasteiger partial charge < -0.3 is 9.88 Å². The van der Waals surface area contributed by atoms with Crippen molar-refractivity contribution in [2.45, 2.75) is 32.2 Å². The number of nitrogens with zero attached hydrogens (tertiary/aromatic N) is 4. The number of hydrogen-bond acceptors (Lipinski definition) is 4. The van der Waals surface area contributed by atoms with E-state index in [2.05, 4.69) is 15.5 Å². The van der Waals surface area contributed by atoms with Crippen molar-refractivity contribution in [1.29, 1.82) is 0 Å². The van der Waals surface area contributed by atoms with E-state index in [0.717, 1.165) is 35.5 Å². The van der Waals surface area contributed by atoms with Gasteiger partial charge in [0.2, 0.25) is 0 Å². The summed E-state index contributed by atoms with van der Waals surface area (Å²) in [5, 5.41) is 12.3. The minimum atomic E-state index is -0.0456. The van der Waals surface area contributed by atoms with Crippen LogP contribution in [0.5, 0.6) is 0 Å². The van der Waals surface area contributed by atoms with E-state index >= 15 is 0 Å². The van der Waals surface area contributed by atoms with Gasteiger partial charge in [-0.25, -0.2) is 0 Å². The van der Waals surface area contributed by atoms with Crippen LogP contribution in [0.2, 0.25) is 0 Å². The third-order valence-corrected chi connectivity index (χ3v) is 6.58. The number of carbonyl (C=O) groups is 1. The number of nitrogens with one attached hydrogen (secondary N) is 1. The molecule has 1 aliphatic rings. The van der Waals surface area contributed by atoms with Crippen molar-refractivity contribution in [3.05, 3.63) is 83.0 Å². The molecule has 0 saturated carbocycles. The van der Waals surface area contributed by atoms with Gasteiger partial charge in [0.1, 0.15) is 11.3 Å². The fourth-order valence-corrected chi connectivity index (χ4v) is 5.22. The van der Waals surface area contributed by atoms with Gasteiger partial charge in [0, 0.05) is 23.0 Å². The first kappa shape index (κ1) is 17.9. The van der Waals surface area contributed by atoms with Gasteiger partial charge in [0.25, 0.3) is 5.91 Å². The first-order valence-corrected chi connectivity index (χ1v) is 10.6. The lowest BCUT2D eigenvalue weighted by Gasteiger charge is -2.13. The lowest BCUT2D eigenvalue weighted by molar-refractivity contribution is 0.0949. The van der Waals surface area contributed by atoms with Crippen molar-refractivity contribution in [1.82, 2.24) is 24.6 Å². The van der Waals surface area contributed by atoms with Gasteiger partial charge in [0.15, 0.2) is 5.82 Å². The number of carbonyl (C=O) groups excluding carboxylic acids is 1. The van der Waals surface area contributed by atoms with Gasteiger partial charge in [-0.3, -0.25) is 9.36 Å². The predicted octanol–water partition coefficient (Wildman–Crippen LogP) is 3.93. The lowest BCUT2D eigenvalue weighted by Crippen LogP contribution is -2.26. The van der Waals surface area contributed by atoms with Gasteiger partial charge in [-0.2, -0.15) is 0 Å². The van der Waals surface area contributed by atoms with Crippen molar-refractivity contribution in [3.8, 4) is 10.7 Å². The Hall–Kier alpha value is -3.19. The number of aromatic nitrogens is 4. The second kappa shape index (κ2) is 7.67. The maximum Gasteiger partial charge on any atom is 0.254 e. The molecule has 7 heteroatoms. The second-order valence-corrected chi connectivity index (χ2v) is 8.20. The Labute approximate surface area is 172 Å². The van der Waals surface area contributed by atoms with Crippen LogP contribution in [-0.4, -0.2) is 25.2 Å². The zero-order valence-corrected chi connectivity index (χ0v) is 16.7. The molecule has 1 aliphatic carbocycles. The van der Waals surface area contributed by atoms with Crippen molar-refractivity contribution < 1.29 is 4.79 Å². The average molecular weight is 404 g/mol. The van der Waals surface area contributed by atoms with Gasteiger partial charge in [-0.15, -0.1) is 21.5 Å². The third-order valence-electron chi connectivity index (χ3n) is 5.28. The monoisotopic (exact) mass is 403 g/mol. The molecule has 0 bridgehead atoms. The molecule has 1 N–H and O–H groups in total. The Morgan fingerprint density at radius 2 is 1.86 bits per heavy atom. The highest BCUT2D eigenvalue weighted by Crippen LogP contribution is 2.36. The zero-order valence-electron chi connectivity index (χ0n) is 15.9. The standard InChI is InChI=1S/C22H21N5OS/c28-21(23-14-19-25-24-15-27(19)16-8-2-1-3-9-16)20-17-10-4-5-11-18(17)29-22(20)26-12-6-7-13-26/h1-3,6-9,12-13,15H,4-5,10-11,14H2,(H,23,28). The average Bonchev–Trinajstić information content (AvgIpc) is 3.51. The highest BCUT2D eigenvalue weighted by atomic mass is 32.1. The molecule has 3 heterocycles. The number of amides is 1. The van der Waals surface area contributed by atoms with Crippen molar-refractivity contribution in [2.24, 2.45) is 0 Å². The topological polar surface area (TPSA) is 64.7 Å². The van der Waals surface area contributed by atoms with E-state index in [9.17, 15) is 4.79 Å². The SMILES string of the molecule is O=C(NCc1nncn1-c1ccccc1)c1c(-n2cccc2)sc2c1CCCC2. The molecule has 0 atom stereocenters. The number of fused-ring (bicyclic) bond motifs is 1. The van der Waals surface area contributed by atoms with E-state index in [4.69, 9.17) is 0 Å². The maximum absolute atomic E-state index is 13.3. The molecule has 29 heavy (non-hydrogen) atoms. The predicted molar refractivity (Wildman–Crippen MR) is 113 cm³/mol. The molecule has 0 fully saturated rings. The summed E-state index contributed by atoms with van der Waals surface area (Å²) in [6.07, 6.45) is 10.0. The summed E-state index contributed by atoms with van der Waals surface area (Å²) < 4.78 is 3.95. The van der Waals surface area contributed by atoms with E-state index in [1.807, 2.05) is 64.0 Å². The molecule has 0 aliphatic heterocycles. The van der Waals surface area contributed by atoms with Crippen LogP contribution in [0.15, 0.2) is 61.2 Å². The van der Waals surface area contributed by atoms with Crippen LogP contribution in [0.3, 0.4) is 0 Å². The Kier molecular flexibility index (Phi) is 4.73. The van der Waals surface area contributed by atoms with Gasteiger partial charge in [-0.1, -0.05) is 18.2 Å². The van der Waals surface area contributed by atoms with Crippen molar-refractivity contribution in [3.63, 3.8) is 0 Å². The Balaban J connectivity index is 1.43. The van der Waals surface area contributed by atoms with Crippen molar-refractivity contribution >= 4 is 17.2 Å². The van der Waals surface area contributed by atoms with Crippen LogP contribution in [0.4, 0.5) is 0 Å². The van der Waals surface area contributed by atoms with Crippen LogP contribution < -0.4 is 5.32 Å². The van der Waals surface area contributed by atoms with Crippen LogP contribution in [0.1, 0.15) is 39.5 Å². The summed E-state index contributed by atoms with van der Waals surface area (Å²) in [7, 11) is 0. The second-order valence-electron chi connectivity index (χ2n) is 7.12. The molecule has 0 unspecified atom stereocenters. The number of aryl methyl sites for hydroxylation is 1. The number of thiophene rings is 1. The van der Waals surface area contributed by atoms with Gasteiger partial charge in [0.05, 0.1) is 12.1 Å². The molecule has 0 saturated heterocycles. The summed E-state index contributed by atoms with van der Waals surface area (Å²) in [4.78, 5) is 14.6. The molecule has 1 aromatic carbocycles. The van der Waals surface area contributed by atoms with Gasteiger partial charge >= 0.3 is 0 Å². The number of rotatable bonds is 5. The highest BCUT2D eigenvalue weighted by Gasteiger charge is 2.26. The Morgan fingerprint density at radius 1 is 1.07 bits per heavy atom. The highest BCUT2D eigenvalue weighted by molar-refractivity contribution is 7.15. The molecule has 146 valence electrons. The molecule has 3 aromatic heterocycles. The zero-order chi connectivity index (χ0) is 19.6. The van der Waals surface area contributed by atoms with E-state index in [0.29, 0.717) is 12.4 Å². The van der Waals surface area contributed by atoms with Crippen LogP contribution in [0, 0.1) is 0 Å². The summed E-state index contributed by atoms with van der Waals surface area (Å²) >= 11 is 1.74. The Morgan fingerprint density at radius 3 is 2.69 bits per heavy atom. The van der Waals surface area contributed by atoms with E-state index in [1.165, 1.54) is 16.9 Å². The number of benzene rings is 1. The minimum Gasteiger partial charge on any atom is -0.345 e. The Bertz CT molecular complexity index is 1130. The fourth-order valence-electron chi connectivity index (χ4n) is 3.87. The summed E-state index contributed by atoms with van der Waals surface area (Å²) in [6.45, 7) is 0.323. The van der Waals surface area contributed by atoms with E-state index in [1.54, 1.807) is 17.7 Å². The third kappa shape index (κ3) is 3.38. The van der Waals surface area contributed by atoms with E-state index < -0.39 is 0 Å². The molecular formula is C22H21N5OS. The molecule has 0 radical (unpaired) electrons. The van der Waals surface area contributed by atoms with Crippen LogP contribution >= 0.6 is 11.3 Å². The summed E-state index contributed by atoms with van der Waals surface area (Å²) in [5.41, 5.74) is 3.00. The summed E-state index contributed by atoms with van der Waals surface area (Å²) in [5.74, 6) is 0.659. The van der Waals surface area contributed by atoms with E-state index in [-0.39, 0.29) is 5.91 Å². The normalized spacial score (nSPS) is 13.2. The largest absolute Gasteiger partial charge is 0.345 e. The first-order chi connectivity index (χ1) is 14.3. The van der Waals surface area contributed by atoms with Crippen molar-refractivity contribution in [2.75, 3.05) is 0 Å².